The largest absolute Gasteiger partial charge is 0.352 e. The molecule has 1 saturated carbocycles. The molecule has 29 heavy (non-hydrogen) atoms. The van der Waals surface area contributed by atoms with Crippen molar-refractivity contribution in [2.24, 2.45) is 0 Å². The van der Waals surface area contributed by atoms with Gasteiger partial charge in [0.25, 0.3) is 0 Å². The van der Waals surface area contributed by atoms with Crippen LogP contribution in [0, 0.1) is 0 Å². The maximum absolute atomic E-state index is 13.3. The van der Waals surface area contributed by atoms with Crippen LogP contribution >= 0.6 is 0 Å². The molecular formula is C25H32N2O2. The lowest BCUT2D eigenvalue weighted by molar-refractivity contribution is -0.141. The molecule has 4 nitrogen and oxygen atoms in total. The van der Waals surface area contributed by atoms with E-state index in [0.29, 0.717) is 19.4 Å². The summed E-state index contributed by atoms with van der Waals surface area (Å²) in [5.41, 5.74) is 2.01. The number of benzene rings is 2. The molecule has 0 spiro atoms. The standard InChI is InChI=1S/C25H32N2O2/c1-2-23(25(29)26-22-16-10-5-11-17-22)27(19-21-14-8-4-9-15-21)24(28)18-20-12-6-3-7-13-20/h3-4,6-9,12-15,22-23H,2,5,10-11,16-19H2,1H3,(H,26,29)/t23-/m0/s1. The van der Waals surface area contributed by atoms with Gasteiger partial charge in [-0.25, -0.2) is 0 Å². The minimum Gasteiger partial charge on any atom is -0.352 e. The summed E-state index contributed by atoms with van der Waals surface area (Å²) in [7, 11) is 0. The Morgan fingerprint density at radius 3 is 2.10 bits per heavy atom. The van der Waals surface area contributed by atoms with E-state index in [2.05, 4.69) is 5.32 Å². The quantitative estimate of drug-likeness (QED) is 0.720. The lowest BCUT2D eigenvalue weighted by atomic mass is 9.95. The summed E-state index contributed by atoms with van der Waals surface area (Å²) in [5, 5.41) is 3.22. The lowest BCUT2D eigenvalue weighted by Crippen LogP contribution is -2.51. The number of hydrogen-bond donors (Lipinski definition) is 1. The highest BCUT2D eigenvalue weighted by Crippen LogP contribution is 2.19. The van der Waals surface area contributed by atoms with Gasteiger partial charge in [0.1, 0.15) is 6.04 Å². The van der Waals surface area contributed by atoms with Crippen molar-refractivity contribution in [3.63, 3.8) is 0 Å². The van der Waals surface area contributed by atoms with Crippen LogP contribution in [-0.4, -0.2) is 28.8 Å². The molecule has 1 aliphatic rings. The molecule has 154 valence electrons. The van der Waals surface area contributed by atoms with Crippen LogP contribution in [0.5, 0.6) is 0 Å². The molecule has 0 saturated heterocycles. The summed E-state index contributed by atoms with van der Waals surface area (Å²) in [5.74, 6) is -0.0255. The minimum absolute atomic E-state index is 0.00861. The predicted octanol–water partition coefficient (Wildman–Crippen LogP) is 4.49. The molecule has 1 atom stereocenters. The molecule has 0 heterocycles. The van der Waals surface area contributed by atoms with Crippen molar-refractivity contribution >= 4 is 11.8 Å². The first-order chi connectivity index (χ1) is 14.2. The second kappa shape index (κ2) is 10.8. The fraction of sp³-hybridized carbons (Fsp3) is 0.440. The van der Waals surface area contributed by atoms with E-state index in [1.54, 1.807) is 4.90 Å². The zero-order valence-electron chi connectivity index (χ0n) is 17.3. The molecule has 3 rings (SSSR count). The number of carbonyl (C=O) groups excluding carboxylic acids is 2. The summed E-state index contributed by atoms with van der Waals surface area (Å²) in [6.45, 7) is 2.43. The van der Waals surface area contributed by atoms with Gasteiger partial charge in [-0.15, -0.1) is 0 Å². The number of amides is 2. The van der Waals surface area contributed by atoms with E-state index in [9.17, 15) is 9.59 Å². The maximum Gasteiger partial charge on any atom is 0.243 e. The van der Waals surface area contributed by atoms with Gasteiger partial charge in [-0.3, -0.25) is 9.59 Å². The Balaban J connectivity index is 1.77. The molecule has 2 aromatic rings. The first-order valence-electron chi connectivity index (χ1n) is 10.8. The van der Waals surface area contributed by atoms with Crippen LogP contribution in [0.2, 0.25) is 0 Å². The average Bonchev–Trinajstić information content (AvgIpc) is 2.75. The van der Waals surface area contributed by atoms with Gasteiger partial charge in [0.2, 0.25) is 11.8 Å². The second-order valence-corrected chi connectivity index (χ2v) is 7.94. The number of nitrogens with zero attached hydrogens (tertiary/aromatic N) is 1. The summed E-state index contributed by atoms with van der Waals surface area (Å²) in [4.78, 5) is 28.2. The SMILES string of the molecule is CC[C@@H](C(=O)NC1CCCCC1)N(Cc1ccccc1)C(=O)Cc1ccccc1. The van der Waals surface area contributed by atoms with Crippen molar-refractivity contribution in [2.75, 3.05) is 0 Å². The Hall–Kier alpha value is -2.62. The molecule has 0 radical (unpaired) electrons. The van der Waals surface area contributed by atoms with E-state index in [1.807, 2.05) is 67.6 Å². The van der Waals surface area contributed by atoms with Crippen molar-refractivity contribution in [3.05, 3.63) is 71.8 Å². The first kappa shape index (κ1) is 21.1. The molecule has 2 amide bonds. The van der Waals surface area contributed by atoms with Gasteiger partial charge in [0, 0.05) is 12.6 Å². The van der Waals surface area contributed by atoms with Crippen LogP contribution < -0.4 is 5.32 Å². The van der Waals surface area contributed by atoms with Crippen LogP contribution in [0.15, 0.2) is 60.7 Å². The molecule has 0 unspecified atom stereocenters. The van der Waals surface area contributed by atoms with Crippen molar-refractivity contribution in [2.45, 2.75) is 70.5 Å². The van der Waals surface area contributed by atoms with Crippen molar-refractivity contribution in [3.8, 4) is 0 Å². The van der Waals surface area contributed by atoms with Crippen LogP contribution in [-0.2, 0) is 22.6 Å². The van der Waals surface area contributed by atoms with Crippen LogP contribution in [0.25, 0.3) is 0 Å². The maximum atomic E-state index is 13.3. The third-order valence-electron chi connectivity index (χ3n) is 5.73. The van der Waals surface area contributed by atoms with Crippen LogP contribution in [0.3, 0.4) is 0 Å². The average molecular weight is 393 g/mol. The molecule has 2 aromatic carbocycles. The Morgan fingerprint density at radius 1 is 0.931 bits per heavy atom. The molecule has 0 aromatic heterocycles. The summed E-state index contributed by atoms with van der Waals surface area (Å²) < 4.78 is 0. The Bertz CT molecular complexity index is 770. The normalized spacial score (nSPS) is 15.5. The number of hydrogen-bond acceptors (Lipinski definition) is 2. The van der Waals surface area contributed by atoms with Crippen LogP contribution in [0.4, 0.5) is 0 Å². The number of nitrogens with one attached hydrogen (secondary N) is 1. The van der Waals surface area contributed by atoms with Gasteiger partial charge < -0.3 is 10.2 Å². The summed E-state index contributed by atoms with van der Waals surface area (Å²) >= 11 is 0. The fourth-order valence-corrected chi connectivity index (χ4v) is 4.12. The number of rotatable bonds is 8. The monoisotopic (exact) mass is 392 g/mol. The minimum atomic E-state index is -0.451. The zero-order valence-corrected chi connectivity index (χ0v) is 17.3. The highest BCUT2D eigenvalue weighted by Gasteiger charge is 2.30. The Morgan fingerprint density at radius 2 is 1.52 bits per heavy atom. The summed E-state index contributed by atoms with van der Waals surface area (Å²) in [6, 6.07) is 19.5. The van der Waals surface area contributed by atoms with E-state index in [-0.39, 0.29) is 17.9 Å². The molecule has 1 aliphatic carbocycles. The topological polar surface area (TPSA) is 49.4 Å². The van der Waals surface area contributed by atoms with Gasteiger partial charge in [-0.05, 0) is 30.4 Å². The Kier molecular flexibility index (Phi) is 7.85. The van der Waals surface area contributed by atoms with E-state index in [4.69, 9.17) is 0 Å². The van der Waals surface area contributed by atoms with E-state index in [0.717, 1.165) is 24.0 Å². The van der Waals surface area contributed by atoms with E-state index >= 15 is 0 Å². The third kappa shape index (κ3) is 6.18. The molecule has 1 N–H and O–H groups in total. The lowest BCUT2D eigenvalue weighted by Gasteiger charge is -2.33. The van der Waals surface area contributed by atoms with E-state index < -0.39 is 6.04 Å². The summed E-state index contributed by atoms with van der Waals surface area (Å²) in [6.07, 6.45) is 6.58. The smallest absolute Gasteiger partial charge is 0.243 e. The zero-order chi connectivity index (χ0) is 20.5. The Labute approximate surface area is 174 Å². The first-order valence-corrected chi connectivity index (χ1v) is 10.8. The highest BCUT2D eigenvalue weighted by atomic mass is 16.2. The number of carbonyl (C=O) groups is 2. The van der Waals surface area contributed by atoms with Crippen molar-refractivity contribution in [1.29, 1.82) is 0 Å². The van der Waals surface area contributed by atoms with Gasteiger partial charge >= 0.3 is 0 Å². The van der Waals surface area contributed by atoms with Crippen molar-refractivity contribution < 1.29 is 9.59 Å². The van der Waals surface area contributed by atoms with Gasteiger partial charge in [-0.2, -0.15) is 0 Å². The molecule has 4 heteroatoms. The predicted molar refractivity (Wildman–Crippen MR) is 116 cm³/mol. The van der Waals surface area contributed by atoms with Gasteiger partial charge in [0.15, 0.2) is 0 Å². The molecular weight excluding hydrogens is 360 g/mol. The molecule has 1 fully saturated rings. The van der Waals surface area contributed by atoms with Gasteiger partial charge in [0.05, 0.1) is 6.42 Å². The third-order valence-corrected chi connectivity index (χ3v) is 5.73. The van der Waals surface area contributed by atoms with Crippen molar-refractivity contribution in [1.82, 2.24) is 10.2 Å². The fourth-order valence-electron chi connectivity index (χ4n) is 4.12. The van der Waals surface area contributed by atoms with E-state index in [1.165, 1.54) is 19.3 Å². The highest BCUT2D eigenvalue weighted by molar-refractivity contribution is 5.88. The molecule has 0 bridgehead atoms. The van der Waals surface area contributed by atoms with Crippen LogP contribution in [0.1, 0.15) is 56.6 Å². The van der Waals surface area contributed by atoms with Gasteiger partial charge in [-0.1, -0.05) is 86.8 Å². The second-order valence-electron chi connectivity index (χ2n) is 7.94. The molecule has 0 aliphatic heterocycles.